The smallest absolute Gasteiger partial charge is 0.00389 e. The third-order valence-corrected chi connectivity index (χ3v) is 3.19. The topological polar surface area (TPSA) is 15.3 Å². The lowest BCUT2D eigenvalue weighted by atomic mass is 9.95. The molecule has 0 aliphatic carbocycles. The maximum absolute atomic E-state index is 3.55. The van der Waals surface area contributed by atoms with Gasteiger partial charge in [-0.05, 0) is 53.1 Å². The number of hydrogen-bond acceptors (Lipinski definition) is 2. The molecule has 78 valence electrons. The highest BCUT2D eigenvalue weighted by Gasteiger charge is 2.19. The normalized spacial score (nSPS) is 30.0. The van der Waals surface area contributed by atoms with Gasteiger partial charge in [-0.25, -0.2) is 0 Å². The zero-order valence-corrected chi connectivity index (χ0v) is 9.51. The van der Waals surface area contributed by atoms with Crippen LogP contribution in [0, 0.1) is 5.92 Å². The Bertz CT molecular complexity index is 137. The SMILES string of the molecule is CC1CCC(CN(C)C(C)C)CN1. The van der Waals surface area contributed by atoms with E-state index in [0.717, 1.165) is 12.0 Å². The van der Waals surface area contributed by atoms with E-state index in [-0.39, 0.29) is 0 Å². The minimum Gasteiger partial charge on any atom is -0.314 e. The van der Waals surface area contributed by atoms with E-state index in [4.69, 9.17) is 0 Å². The summed E-state index contributed by atoms with van der Waals surface area (Å²) in [5, 5.41) is 3.55. The minimum atomic E-state index is 0.680. The van der Waals surface area contributed by atoms with Crippen LogP contribution in [0.4, 0.5) is 0 Å². The molecule has 2 atom stereocenters. The fourth-order valence-electron chi connectivity index (χ4n) is 1.83. The first kappa shape index (κ1) is 11.0. The Morgan fingerprint density at radius 3 is 2.54 bits per heavy atom. The summed E-state index contributed by atoms with van der Waals surface area (Å²) in [7, 11) is 2.22. The Hall–Kier alpha value is -0.0800. The van der Waals surface area contributed by atoms with Crippen LogP contribution in [0.1, 0.15) is 33.6 Å². The molecule has 1 aliphatic rings. The van der Waals surface area contributed by atoms with Crippen molar-refractivity contribution in [3.63, 3.8) is 0 Å². The number of hydrogen-bond donors (Lipinski definition) is 1. The van der Waals surface area contributed by atoms with Gasteiger partial charge in [-0.2, -0.15) is 0 Å². The molecule has 1 saturated heterocycles. The summed E-state index contributed by atoms with van der Waals surface area (Å²) in [6.07, 6.45) is 2.74. The molecule has 1 fully saturated rings. The lowest BCUT2D eigenvalue weighted by Gasteiger charge is -2.32. The van der Waals surface area contributed by atoms with E-state index in [0.29, 0.717) is 6.04 Å². The van der Waals surface area contributed by atoms with Gasteiger partial charge < -0.3 is 10.2 Å². The average Bonchev–Trinajstić information content (AvgIpc) is 2.08. The molecular formula is C11H24N2. The van der Waals surface area contributed by atoms with E-state index in [9.17, 15) is 0 Å². The lowest BCUT2D eigenvalue weighted by molar-refractivity contribution is 0.197. The molecule has 0 radical (unpaired) electrons. The highest BCUT2D eigenvalue weighted by atomic mass is 15.1. The molecule has 1 aliphatic heterocycles. The second-order valence-corrected chi connectivity index (χ2v) is 4.79. The molecule has 2 unspecified atom stereocenters. The summed E-state index contributed by atoms with van der Waals surface area (Å²) in [6, 6.07) is 1.42. The van der Waals surface area contributed by atoms with Crippen molar-refractivity contribution in [1.29, 1.82) is 0 Å². The third kappa shape index (κ3) is 3.65. The number of rotatable bonds is 3. The molecule has 2 heteroatoms. The molecule has 13 heavy (non-hydrogen) atoms. The van der Waals surface area contributed by atoms with Gasteiger partial charge >= 0.3 is 0 Å². The summed E-state index contributed by atoms with van der Waals surface area (Å²) in [4.78, 5) is 2.45. The van der Waals surface area contributed by atoms with Crippen LogP contribution in [0.25, 0.3) is 0 Å². The van der Waals surface area contributed by atoms with Crippen molar-refractivity contribution in [2.24, 2.45) is 5.92 Å². The van der Waals surface area contributed by atoms with Gasteiger partial charge in [-0.15, -0.1) is 0 Å². The standard InChI is InChI=1S/C11H24N2/c1-9(2)13(4)8-11-6-5-10(3)12-7-11/h9-12H,5-8H2,1-4H3. The van der Waals surface area contributed by atoms with Crippen LogP contribution in [-0.4, -0.2) is 37.1 Å². The van der Waals surface area contributed by atoms with E-state index >= 15 is 0 Å². The fraction of sp³-hybridized carbons (Fsp3) is 1.00. The first-order valence-electron chi connectivity index (χ1n) is 5.53. The first-order chi connectivity index (χ1) is 6.09. The number of nitrogens with one attached hydrogen (secondary N) is 1. The molecule has 0 amide bonds. The summed E-state index contributed by atoms with van der Waals surface area (Å²) in [5.41, 5.74) is 0. The molecule has 0 saturated carbocycles. The molecule has 1 N–H and O–H groups in total. The molecule has 0 aromatic carbocycles. The van der Waals surface area contributed by atoms with E-state index in [2.05, 4.69) is 38.0 Å². The van der Waals surface area contributed by atoms with Crippen LogP contribution >= 0.6 is 0 Å². The minimum absolute atomic E-state index is 0.680. The molecule has 0 bridgehead atoms. The van der Waals surface area contributed by atoms with Gasteiger partial charge in [0.25, 0.3) is 0 Å². The number of piperidine rings is 1. The van der Waals surface area contributed by atoms with Gasteiger partial charge in [0, 0.05) is 18.6 Å². The fourth-order valence-corrected chi connectivity index (χ4v) is 1.83. The van der Waals surface area contributed by atoms with Crippen LogP contribution < -0.4 is 5.32 Å². The second-order valence-electron chi connectivity index (χ2n) is 4.79. The molecule has 1 rings (SSSR count). The van der Waals surface area contributed by atoms with Crippen molar-refractivity contribution < 1.29 is 0 Å². The molecular weight excluding hydrogens is 160 g/mol. The van der Waals surface area contributed by atoms with Crippen LogP contribution in [0.15, 0.2) is 0 Å². The predicted molar refractivity (Wildman–Crippen MR) is 58.0 cm³/mol. The van der Waals surface area contributed by atoms with Crippen LogP contribution in [0.2, 0.25) is 0 Å². The summed E-state index contributed by atoms with van der Waals surface area (Å²) in [5.74, 6) is 0.864. The monoisotopic (exact) mass is 184 g/mol. The van der Waals surface area contributed by atoms with Crippen LogP contribution in [-0.2, 0) is 0 Å². The lowest BCUT2D eigenvalue weighted by Crippen LogP contribution is -2.42. The molecule has 0 aromatic heterocycles. The van der Waals surface area contributed by atoms with Gasteiger partial charge in [0.2, 0.25) is 0 Å². The first-order valence-corrected chi connectivity index (χ1v) is 5.53. The van der Waals surface area contributed by atoms with E-state index in [1.54, 1.807) is 0 Å². The Morgan fingerprint density at radius 2 is 2.08 bits per heavy atom. The van der Waals surface area contributed by atoms with Crippen molar-refractivity contribution in [1.82, 2.24) is 10.2 Å². The Kier molecular flexibility index (Phi) is 4.20. The maximum atomic E-state index is 3.55. The quantitative estimate of drug-likeness (QED) is 0.718. The van der Waals surface area contributed by atoms with Crippen molar-refractivity contribution in [2.45, 2.75) is 45.7 Å². The Morgan fingerprint density at radius 1 is 1.38 bits per heavy atom. The molecule has 2 nitrogen and oxygen atoms in total. The third-order valence-electron chi connectivity index (χ3n) is 3.19. The van der Waals surface area contributed by atoms with Crippen molar-refractivity contribution in [3.05, 3.63) is 0 Å². The predicted octanol–water partition coefficient (Wildman–Crippen LogP) is 1.71. The zero-order chi connectivity index (χ0) is 9.84. The molecule has 1 heterocycles. The Balaban J connectivity index is 2.22. The average molecular weight is 184 g/mol. The summed E-state index contributed by atoms with van der Waals surface area (Å²) < 4.78 is 0. The number of nitrogens with zero attached hydrogens (tertiary/aromatic N) is 1. The molecule has 0 spiro atoms. The summed E-state index contributed by atoms with van der Waals surface area (Å²) >= 11 is 0. The Labute approximate surface area is 82.7 Å². The van der Waals surface area contributed by atoms with Crippen molar-refractivity contribution >= 4 is 0 Å². The highest BCUT2D eigenvalue weighted by Crippen LogP contribution is 2.15. The highest BCUT2D eigenvalue weighted by molar-refractivity contribution is 4.77. The molecule has 0 aromatic rings. The van der Waals surface area contributed by atoms with Gasteiger partial charge in [0.05, 0.1) is 0 Å². The zero-order valence-electron chi connectivity index (χ0n) is 9.51. The summed E-state index contributed by atoms with van der Waals surface area (Å²) in [6.45, 7) is 9.26. The van der Waals surface area contributed by atoms with E-state index in [1.807, 2.05) is 0 Å². The van der Waals surface area contributed by atoms with Gasteiger partial charge in [-0.3, -0.25) is 0 Å². The van der Waals surface area contributed by atoms with E-state index in [1.165, 1.54) is 25.9 Å². The van der Waals surface area contributed by atoms with Crippen LogP contribution in [0.5, 0.6) is 0 Å². The van der Waals surface area contributed by atoms with E-state index < -0.39 is 0 Å². The largest absolute Gasteiger partial charge is 0.314 e. The van der Waals surface area contributed by atoms with Crippen LogP contribution in [0.3, 0.4) is 0 Å². The van der Waals surface area contributed by atoms with Crippen molar-refractivity contribution in [2.75, 3.05) is 20.1 Å². The van der Waals surface area contributed by atoms with Gasteiger partial charge in [0.15, 0.2) is 0 Å². The van der Waals surface area contributed by atoms with Gasteiger partial charge in [0.1, 0.15) is 0 Å². The maximum Gasteiger partial charge on any atom is 0.00389 e. The van der Waals surface area contributed by atoms with Gasteiger partial charge in [-0.1, -0.05) is 0 Å². The second kappa shape index (κ2) is 4.97. The van der Waals surface area contributed by atoms with Crippen molar-refractivity contribution in [3.8, 4) is 0 Å².